The first-order valence-electron chi connectivity index (χ1n) is 19.5. The predicted molar refractivity (Wildman–Crippen MR) is 240 cm³/mol. The second-order valence-corrected chi connectivity index (χ2v) is 14.5. The summed E-state index contributed by atoms with van der Waals surface area (Å²) in [6.07, 6.45) is 4.48. The van der Waals surface area contributed by atoms with Crippen molar-refractivity contribution >= 4 is 51.0 Å². The molecule has 0 amide bonds. The van der Waals surface area contributed by atoms with Gasteiger partial charge in [-0.15, -0.1) is 0 Å². The van der Waals surface area contributed by atoms with Gasteiger partial charge < -0.3 is 9.47 Å². The number of rotatable bonds is 6. The maximum absolute atomic E-state index is 5.02. The van der Waals surface area contributed by atoms with Crippen molar-refractivity contribution in [2.75, 3.05) is 4.90 Å². The van der Waals surface area contributed by atoms with Gasteiger partial charge in [-0.3, -0.25) is 0 Å². The molecular weight excluding hydrogens is 707 g/mol. The highest BCUT2D eigenvalue weighted by Crippen LogP contribution is 2.44. The predicted octanol–water partition coefficient (Wildman–Crippen LogP) is 13.6. The van der Waals surface area contributed by atoms with Crippen LogP contribution in [0, 0.1) is 0 Å². The highest BCUT2D eigenvalue weighted by molar-refractivity contribution is 6.10. The number of anilines is 3. The zero-order chi connectivity index (χ0) is 38.4. The molecule has 0 aliphatic carbocycles. The van der Waals surface area contributed by atoms with Crippen LogP contribution in [0.1, 0.15) is 11.1 Å². The molecule has 1 aliphatic rings. The van der Waals surface area contributed by atoms with Crippen molar-refractivity contribution in [3.8, 4) is 51.0 Å². The molecule has 0 bridgehead atoms. The lowest BCUT2D eigenvalue weighted by molar-refractivity contribution is 1.07. The fourth-order valence-electron chi connectivity index (χ4n) is 8.22. The molecule has 11 rings (SSSR count). The molecule has 10 aromatic rings. The zero-order valence-corrected chi connectivity index (χ0v) is 31.4. The summed E-state index contributed by atoms with van der Waals surface area (Å²) < 4.78 is 2.35. The third kappa shape index (κ3) is 5.85. The lowest BCUT2D eigenvalue weighted by Crippen LogP contribution is -2.11. The van der Waals surface area contributed by atoms with Gasteiger partial charge in [0.05, 0.1) is 22.4 Å². The van der Waals surface area contributed by atoms with Crippen LogP contribution < -0.4 is 4.90 Å². The lowest BCUT2D eigenvalue weighted by Gasteiger charge is -2.27. The minimum atomic E-state index is 0.629. The van der Waals surface area contributed by atoms with Crippen LogP contribution >= 0.6 is 0 Å². The molecule has 5 heteroatoms. The maximum Gasteiger partial charge on any atom is 0.164 e. The molecular formula is C53H35N5. The SMILES string of the molecule is C1=Cc2cc(-c3ccc4c(c3)c3ccccc3n4-c3cccc(-c4nc(-c5ccccc5)nc(-c5ccccc5)n4)c3)ccc2N(c2ccccc2)c2ccccc21. The molecule has 0 unspecified atom stereocenters. The monoisotopic (exact) mass is 741 g/mol. The Labute approximate surface area is 336 Å². The van der Waals surface area contributed by atoms with E-state index in [1.807, 2.05) is 60.7 Å². The van der Waals surface area contributed by atoms with E-state index in [1.54, 1.807) is 0 Å². The van der Waals surface area contributed by atoms with Crippen LogP contribution in [-0.4, -0.2) is 19.5 Å². The molecule has 8 aromatic carbocycles. The first-order valence-corrected chi connectivity index (χ1v) is 19.5. The van der Waals surface area contributed by atoms with Gasteiger partial charge in [-0.2, -0.15) is 0 Å². The van der Waals surface area contributed by atoms with E-state index in [-0.39, 0.29) is 0 Å². The molecule has 1 aliphatic heterocycles. The highest BCUT2D eigenvalue weighted by atomic mass is 15.1. The second kappa shape index (κ2) is 14.0. The first-order chi connectivity index (χ1) is 28.7. The van der Waals surface area contributed by atoms with Gasteiger partial charge in [-0.05, 0) is 82.9 Å². The lowest BCUT2D eigenvalue weighted by atomic mass is 9.99. The van der Waals surface area contributed by atoms with Crippen LogP contribution in [0.5, 0.6) is 0 Å². The Bertz CT molecular complexity index is 3110. The van der Waals surface area contributed by atoms with E-state index in [1.165, 1.54) is 38.7 Å². The van der Waals surface area contributed by atoms with Crippen LogP contribution in [0.3, 0.4) is 0 Å². The van der Waals surface area contributed by atoms with Crippen molar-refractivity contribution in [2.45, 2.75) is 0 Å². The standard InChI is InChI=1S/C53H35N5/c1-4-16-37(17-5-1)51-54-52(38-18-6-2-7-19-38)56-53(55-51)42-20-14-23-44(34-42)58-49-26-13-11-24-45(49)46-35-40(30-32-50(46)58)39-29-31-48-41(33-39)28-27-36-15-10-12-25-47(36)57(48)43-21-8-3-9-22-43/h1-35H. The van der Waals surface area contributed by atoms with E-state index >= 15 is 0 Å². The average molecular weight is 742 g/mol. The number of nitrogens with zero attached hydrogens (tertiary/aromatic N) is 5. The molecule has 58 heavy (non-hydrogen) atoms. The fraction of sp³-hybridized carbons (Fsp3) is 0. The van der Waals surface area contributed by atoms with Crippen LogP contribution in [0.25, 0.3) is 84.9 Å². The molecule has 0 N–H and O–H groups in total. The minimum Gasteiger partial charge on any atom is -0.309 e. The third-order valence-electron chi connectivity index (χ3n) is 11.0. The Morgan fingerprint density at radius 1 is 0.310 bits per heavy atom. The molecule has 0 atom stereocenters. The normalized spacial score (nSPS) is 12.0. The van der Waals surface area contributed by atoms with Gasteiger partial charge in [0.2, 0.25) is 0 Å². The quantitative estimate of drug-likeness (QED) is 0.170. The Morgan fingerprint density at radius 2 is 0.845 bits per heavy atom. The Hall–Kier alpha value is -7.89. The summed E-state index contributed by atoms with van der Waals surface area (Å²) >= 11 is 0. The number of para-hydroxylation sites is 3. The average Bonchev–Trinajstić information content (AvgIpc) is 3.53. The summed E-state index contributed by atoms with van der Waals surface area (Å²) in [5, 5.41) is 2.39. The molecule has 272 valence electrons. The van der Waals surface area contributed by atoms with Crippen molar-refractivity contribution in [3.05, 3.63) is 211 Å². The van der Waals surface area contributed by atoms with E-state index in [2.05, 4.69) is 161 Å². The van der Waals surface area contributed by atoms with Crippen molar-refractivity contribution < 1.29 is 0 Å². The minimum absolute atomic E-state index is 0.629. The Kier molecular flexibility index (Phi) is 8.07. The van der Waals surface area contributed by atoms with Gasteiger partial charge in [0.25, 0.3) is 0 Å². The van der Waals surface area contributed by atoms with Crippen molar-refractivity contribution in [3.63, 3.8) is 0 Å². The van der Waals surface area contributed by atoms with E-state index in [4.69, 9.17) is 15.0 Å². The van der Waals surface area contributed by atoms with Gasteiger partial charge in [0, 0.05) is 38.8 Å². The number of fused-ring (bicyclic) bond motifs is 5. The van der Waals surface area contributed by atoms with Crippen LogP contribution in [0.15, 0.2) is 200 Å². The number of hydrogen-bond donors (Lipinski definition) is 0. The van der Waals surface area contributed by atoms with Gasteiger partial charge in [-0.1, -0.05) is 152 Å². The van der Waals surface area contributed by atoms with Gasteiger partial charge in [0.1, 0.15) is 0 Å². The maximum atomic E-state index is 5.02. The topological polar surface area (TPSA) is 46.8 Å². The highest BCUT2D eigenvalue weighted by Gasteiger charge is 2.21. The van der Waals surface area contributed by atoms with Crippen LogP contribution in [0.4, 0.5) is 17.1 Å². The van der Waals surface area contributed by atoms with Crippen molar-refractivity contribution in [1.29, 1.82) is 0 Å². The fourth-order valence-corrected chi connectivity index (χ4v) is 8.22. The number of hydrogen-bond acceptors (Lipinski definition) is 4. The largest absolute Gasteiger partial charge is 0.309 e. The molecule has 0 radical (unpaired) electrons. The third-order valence-corrected chi connectivity index (χ3v) is 11.0. The molecule has 2 aromatic heterocycles. The molecule has 5 nitrogen and oxygen atoms in total. The van der Waals surface area contributed by atoms with Gasteiger partial charge in [0.15, 0.2) is 17.5 Å². The van der Waals surface area contributed by atoms with Gasteiger partial charge in [-0.25, -0.2) is 15.0 Å². The smallest absolute Gasteiger partial charge is 0.164 e. The summed E-state index contributed by atoms with van der Waals surface area (Å²) in [5.41, 5.74) is 14.3. The molecule has 0 spiro atoms. The van der Waals surface area contributed by atoms with E-state index in [9.17, 15) is 0 Å². The second-order valence-electron chi connectivity index (χ2n) is 14.5. The molecule has 3 heterocycles. The molecule has 0 saturated carbocycles. The Balaban J connectivity index is 1.02. The van der Waals surface area contributed by atoms with E-state index in [0.29, 0.717) is 17.5 Å². The van der Waals surface area contributed by atoms with Crippen molar-refractivity contribution in [1.82, 2.24) is 19.5 Å². The van der Waals surface area contributed by atoms with Crippen LogP contribution in [0.2, 0.25) is 0 Å². The zero-order valence-electron chi connectivity index (χ0n) is 31.4. The summed E-state index contributed by atoms with van der Waals surface area (Å²) in [4.78, 5) is 17.3. The summed E-state index contributed by atoms with van der Waals surface area (Å²) in [6.45, 7) is 0. The number of aromatic nitrogens is 4. The molecule has 0 saturated heterocycles. The molecule has 0 fully saturated rings. The Morgan fingerprint density at radius 3 is 1.60 bits per heavy atom. The summed E-state index contributed by atoms with van der Waals surface area (Å²) in [7, 11) is 0. The number of benzene rings is 8. The van der Waals surface area contributed by atoms with E-state index in [0.717, 1.165) is 44.8 Å². The first kappa shape index (κ1) is 33.4. The summed E-state index contributed by atoms with van der Waals surface area (Å²) in [5.74, 6) is 1.92. The van der Waals surface area contributed by atoms with Gasteiger partial charge >= 0.3 is 0 Å². The van der Waals surface area contributed by atoms with Crippen molar-refractivity contribution in [2.24, 2.45) is 0 Å². The van der Waals surface area contributed by atoms with E-state index < -0.39 is 0 Å². The summed E-state index contributed by atoms with van der Waals surface area (Å²) in [6, 6.07) is 70.3. The van der Waals surface area contributed by atoms with Crippen LogP contribution in [-0.2, 0) is 0 Å².